The molecule has 0 saturated heterocycles. The summed E-state index contributed by atoms with van der Waals surface area (Å²) in [5.74, 6) is 0. The minimum absolute atomic E-state index is 0.709. The summed E-state index contributed by atoms with van der Waals surface area (Å²) >= 11 is 0. The molecule has 0 saturated carbocycles. The fraction of sp³-hybridized carbons (Fsp3) is 0.556. The SMILES string of the molecule is COC(O)C1=CC=C(C)CC1. The highest BCUT2D eigenvalue weighted by Crippen LogP contribution is 2.20. The van der Waals surface area contributed by atoms with Crippen molar-refractivity contribution in [2.45, 2.75) is 26.1 Å². The van der Waals surface area contributed by atoms with Crippen molar-refractivity contribution < 1.29 is 9.84 Å². The molecular weight excluding hydrogens is 140 g/mol. The minimum Gasteiger partial charge on any atom is -0.364 e. The lowest BCUT2D eigenvalue weighted by Crippen LogP contribution is -2.13. The summed E-state index contributed by atoms with van der Waals surface area (Å²) in [6.45, 7) is 2.09. The summed E-state index contributed by atoms with van der Waals surface area (Å²) in [5.41, 5.74) is 2.33. The van der Waals surface area contributed by atoms with Gasteiger partial charge in [0.05, 0.1) is 0 Å². The fourth-order valence-electron chi connectivity index (χ4n) is 1.11. The Morgan fingerprint density at radius 2 is 2.18 bits per heavy atom. The number of hydrogen-bond donors (Lipinski definition) is 1. The van der Waals surface area contributed by atoms with Crippen molar-refractivity contribution in [2.24, 2.45) is 0 Å². The van der Waals surface area contributed by atoms with Gasteiger partial charge in [0.1, 0.15) is 0 Å². The van der Waals surface area contributed by atoms with E-state index in [0.717, 1.165) is 18.4 Å². The molecule has 0 aromatic carbocycles. The molecule has 1 rings (SSSR count). The smallest absolute Gasteiger partial charge is 0.177 e. The van der Waals surface area contributed by atoms with Crippen LogP contribution in [0.2, 0.25) is 0 Å². The Bertz CT molecular complexity index is 192. The first-order valence-electron chi connectivity index (χ1n) is 3.81. The van der Waals surface area contributed by atoms with E-state index in [1.165, 1.54) is 12.7 Å². The summed E-state index contributed by atoms with van der Waals surface area (Å²) in [6, 6.07) is 0. The van der Waals surface area contributed by atoms with E-state index >= 15 is 0 Å². The molecule has 0 aromatic heterocycles. The molecule has 1 unspecified atom stereocenters. The molecule has 1 aliphatic rings. The Hall–Kier alpha value is -0.600. The fourth-order valence-corrected chi connectivity index (χ4v) is 1.11. The molecule has 0 radical (unpaired) electrons. The van der Waals surface area contributed by atoms with Gasteiger partial charge >= 0.3 is 0 Å². The second-order valence-corrected chi connectivity index (χ2v) is 2.84. The Morgan fingerprint density at radius 3 is 2.64 bits per heavy atom. The van der Waals surface area contributed by atoms with Crippen LogP contribution in [0.1, 0.15) is 19.8 Å². The molecule has 11 heavy (non-hydrogen) atoms. The molecule has 2 nitrogen and oxygen atoms in total. The molecule has 0 bridgehead atoms. The van der Waals surface area contributed by atoms with Crippen LogP contribution in [0.25, 0.3) is 0 Å². The summed E-state index contributed by atoms with van der Waals surface area (Å²) in [4.78, 5) is 0. The van der Waals surface area contributed by atoms with Crippen LogP contribution < -0.4 is 0 Å². The molecular formula is C9H14O2. The standard InChI is InChI=1S/C9H14O2/c1-7-3-5-8(6-4-7)9(10)11-2/h3,5,9-10H,4,6H2,1-2H3. The largest absolute Gasteiger partial charge is 0.364 e. The lowest BCUT2D eigenvalue weighted by Gasteiger charge is -2.16. The number of ether oxygens (including phenoxy) is 1. The molecule has 0 amide bonds. The average molecular weight is 154 g/mol. The van der Waals surface area contributed by atoms with E-state index in [4.69, 9.17) is 4.74 Å². The maximum absolute atomic E-state index is 9.25. The van der Waals surface area contributed by atoms with Gasteiger partial charge in [0.25, 0.3) is 0 Å². The van der Waals surface area contributed by atoms with Gasteiger partial charge in [-0.3, -0.25) is 0 Å². The zero-order valence-electron chi connectivity index (χ0n) is 7.00. The van der Waals surface area contributed by atoms with E-state index in [1.807, 2.05) is 12.2 Å². The summed E-state index contributed by atoms with van der Waals surface area (Å²) in [5, 5.41) is 9.25. The van der Waals surface area contributed by atoms with Crippen LogP contribution in [0.15, 0.2) is 23.3 Å². The highest BCUT2D eigenvalue weighted by atomic mass is 16.6. The zero-order chi connectivity index (χ0) is 8.27. The van der Waals surface area contributed by atoms with Crippen molar-refractivity contribution in [2.75, 3.05) is 7.11 Å². The number of aliphatic hydroxyl groups excluding tert-OH is 1. The minimum atomic E-state index is -0.709. The molecule has 1 N–H and O–H groups in total. The first-order chi connectivity index (χ1) is 5.24. The van der Waals surface area contributed by atoms with Crippen molar-refractivity contribution in [1.29, 1.82) is 0 Å². The van der Waals surface area contributed by atoms with Crippen LogP contribution in [-0.2, 0) is 4.74 Å². The monoisotopic (exact) mass is 154 g/mol. The molecule has 62 valence electrons. The highest BCUT2D eigenvalue weighted by molar-refractivity contribution is 5.23. The first-order valence-corrected chi connectivity index (χ1v) is 3.81. The lowest BCUT2D eigenvalue weighted by molar-refractivity contribution is -0.0468. The van der Waals surface area contributed by atoms with E-state index in [0.29, 0.717) is 0 Å². The van der Waals surface area contributed by atoms with Crippen molar-refractivity contribution in [1.82, 2.24) is 0 Å². The van der Waals surface area contributed by atoms with Gasteiger partial charge in [-0.25, -0.2) is 0 Å². The van der Waals surface area contributed by atoms with Crippen LogP contribution in [-0.4, -0.2) is 18.5 Å². The van der Waals surface area contributed by atoms with E-state index in [9.17, 15) is 5.11 Å². The van der Waals surface area contributed by atoms with E-state index in [-0.39, 0.29) is 0 Å². The third-order valence-electron chi connectivity index (χ3n) is 1.93. The predicted molar refractivity (Wildman–Crippen MR) is 44.1 cm³/mol. The maximum atomic E-state index is 9.25. The summed E-state index contributed by atoms with van der Waals surface area (Å²) < 4.78 is 4.78. The normalized spacial score (nSPS) is 20.6. The van der Waals surface area contributed by atoms with Gasteiger partial charge in [-0.05, 0) is 25.3 Å². The summed E-state index contributed by atoms with van der Waals surface area (Å²) in [7, 11) is 1.51. The third-order valence-corrected chi connectivity index (χ3v) is 1.93. The molecule has 0 aliphatic heterocycles. The Balaban J connectivity index is 2.60. The van der Waals surface area contributed by atoms with Gasteiger partial charge in [0.15, 0.2) is 6.29 Å². The number of aliphatic hydroxyl groups is 1. The van der Waals surface area contributed by atoms with Gasteiger partial charge in [0, 0.05) is 7.11 Å². The Morgan fingerprint density at radius 1 is 1.45 bits per heavy atom. The molecule has 2 heteroatoms. The van der Waals surface area contributed by atoms with Crippen molar-refractivity contribution in [3.63, 3.8) is 0 Å². The molecule has 1 aliphatic carbocycles. The quantitative estimate of drug-likeness (QED) is 0.612. The molecule has 0 heterocycles. The van der Waals surface area contributed by atoms with Gasteiger partial charge in [-0.1, -0.05) is 17.7 Å². The van der Waals surface area contributed by atoms with Crippen LogP contribution in [0.4, 0.5) is 0 Å². The van der Waals surface area contributed by atoms with Crippen LogP contribution in [0.3, 0.4) is 0 Å². The number of allylic oxidation sites excluding steroid dienone is 3. The molecule has 1 atom stereocenters. The maximum Gasteiger partial charge on any atom is 0.177 e. The van der Waals surface area contributed by atoms with E-state index in [2.05, 4.69) is 6.92 Å². The van der Waals surface area contributed by atoms with Gasteiger partial charge in [-0.2, -0.15) is 0 Å². The Labute approximate surface area is 67.2 Å². The van der Waals surface area contributed by atoms with Crippen molar-refractivity contribution in [3.05, 3.63) is 23.3 Å². The van der Waals surface area contributed by atoms with Crippen LogP contribution >= 0.6 is 0 Å². The van der Waals surface area contributed by atoms with Crippen LogP contribution in [0.5, 0.6) is 0 Å². The van der Waals surface area contributed by atoms with Crippen molar-refractivity contribution >= 4 is 0 Å². The third kappa shape index (κ3) is 2.17. The Kier molecular flexibility index (Phi) is 2.85. The molecule has 0 spiro atoms. The lowest BCUT2D eigenvalue weighted by atomic mass is 9.99. The average Bonchev–Trinajstić information content (AvgIpc) is 2.05. The van der Waals surface area contributed by atoms with E-state index < -0.39 is 6.29 Å². The van der Waals surface area contributed by atoms with Gasteiger partial charge in [-0.15, -0.1) is 0 Å². The highest BCUT2D eigenvalue weighted by Gasteiger charge is 2.10. The van der Waals surface area contributed by atoms with Gasteiger partial charge < -0.3 is 9.84 Å². The van der Waals surface area contributed by atoms with Crippen LogP contribution in [0, 0.1) is 0 Å². The second-order valence-electron chi connectivity index (χ2n) is 2.84. The molecule has 0 fully saturated rings. The number of rotatable bonds is 2. The zero-order valence-corrected chi connectivity index (χ0v) is 7.00. The number of hydrogen-bond acceptors (Lipinski definition) is 2. The topological polar surface area (TPSA) is 29.5 Å². The molecule has 0 aromatic rings. The first kappa shape index (κ1) is 8.50. The summed E-state index contributed by atoms with van der Waals surface area (Å²) in [6.07, 6.45) is 5.21. The predicted octanol–water partition coefficient (Wildman–Crippen LogP) is 1.62. The van der Waals surface area contributed by atoms with Crippen molar-refractivity contribution in [3.8, 4) is 0 Å². The second kappa shape index (κ2) is 3.69. The number of methoxy groups -OCH3 is 1. The van der Waals surface area contributed by atoms with Gasteiger partial charge in [0.2, 0.25) is 0 Å². The van der Waals surface area contributed by atoms with E-state index in [1.54, 1.807) is 0 Å².